The number of anilines is 1. The van der Waals surface area contributed by atoms with E-state index in [1.165, 1.54) is 7.11 Å². The molecule has 0 aliphatic carbocycles. The van der Waals surface area contributed by atoms with E-state index in [4.69, 9.17) is 4.74 Å². The summed E-state index contributed by atoms with van der Waals surface area (Å²) in [6.07, 6.45) is 1.57. The number of rotatable bonds is 4. The Hall–Kier alpha value is -2.67. The van der Waals surface area contributed by atoms with Gasteiger partial charge in [0.05, 0.1) is 12.8 Å². The average Bonchev–Trinajstić information content (AvgIpc) is 3.04. The number of benzene rings is 1. The third-order valence-corrected chi connectivity index (χ3v) is 3.71. The number of aromatic amines is 1. The quantitative estimate of drug-likeness (QED) is 0.734. The Morgan fingerprint density at radius 2 is 2.04 bits per heavy atom. The molecule has 2 N–H and O–H groups in total. The van der Waals surface area contributed by atoms with E-state index in [1.807, 2.05) is 24.3 Å². The number of halogens is 1. The lowest BCUT2D eigenvalue weighted by atomic mass is 10.1. The van der Waals surface area contributed by atoms with Gasteiger partial charge in [0.15, 0.2) is 5.82 Å². The van der Waals surface area contributed by atoms with E-state index in [2.05, 4.69) is 36.4 Å². The summed E-state index contributed by atoms with van der Waals surface area (Å²) in [5, 5.41) is 9.73. The maximum atomic E-state index is 12.3. The SMILES string of the molecule is COc1ncccc1C(=O)Nc1cc(-c2ccc(Br)cc2)[nH]n1. The Balaban J connectivity index is 1.79. The molecular formula is C16H13BrN4O2. The number of ether oxygens (including phenoxy) is 1. The van der Waals surface area contributed by atoms with Crippen LogP contribution in [-0.2, 0) is 0 Å². The van der Waals surface area contributed by atoms with Gasteiger partial charge in [-0.1, -0.05) is 28.1 Å². The van der Waals surface area contributed by atoms with Crippen molar-refractivity contribution in [2.45, 2.75) is 0 Å². The van der Waals surface area contributed by atoms with Gasteiger partial charge in [-0.3, -0.25) is 9.89 Å². The zero-order valence-corrected chi connectivity index (χ0v) is 13.8. The fourth-order valence-electron chi connectivity index (χ4n) is 2.07. The predicted octanol–water partition coefficient (Wildman–Crippen LogP) is 3.50. The average molecular weight is 373 g/mol. The molecular weight excluding hydrogens is 360 g/mol. The second kappa shape index (κ2) is 6.62. The number of pyridine rings is 1. The molecule has 0 saturated heterocycles. The Morgan fingerprint density at radius 1 is 1.26 bits per heavy atom. The maximum Gasteiger partial charge on any atom is 0.262 e. The number of H-pyrrole nitrogens is 1. The number of nitrogens with one attached hydrogen (secondary N) is 2. The fourth-order valence-corrected chi connectivity index (χ4v) is 2.34. The number of nitrogens with zero attached hydrogens (tertiary/aromatic N) is 2. The monoisotopic (exact) mass is 372 g/mol. The highest BCUT2D eigenvalue weighted by Crippen LogP contribution is 2.22. The van der Waals surface area contributed by atoms with Gasteiger partial charge in [0.1, 0.15) is 5.56 Å². The third-order valence-electron chi connectivity index (χ3n) is 3.18. The molecule has 0 bridgehead atoms. The third kappa shape index (κ3) is 3.40. The highest BCUT2D eigenvalue weighted by molar-refractivity contribution is 9.10. The molecule has 116 valence electrons. The summed E-state index contributed by atoms with van der Waals surface area (Å²) in [6.45, 7) is 0. The first-order valence-electron chi connectivity index (χ1n) is 6.79. The minimum atomic E-state index is -0.330. The summed E-state index contributed by atoms with van der Waals surface area (Å²) in [6, 6.07) is 12.9. The number of aromatic nitrogens is 3. The van der Waals surface area contributed by atoms with Crippen molar-refractivity contribution in [1.29, 1.82) is 0 Å². The standard InChI is InChI=1S/C16H13BrN4O2/c1-23-16-12(3-2-8-18-16)15(22)19-14-9-13(20-21-14)10-4-6-11(17)7-5-10/h2-9H,1H3,(H2,19,20,21,22). The summed E-state index contributed by atoms with van der Waals surface area (Å²) < 4.78 is 6.08. The predicted molar refractivity (Wildman–Crippen MR) is 90.5 cm³/mol. The zero-order valence-electron chi connectivity index (χ0n) is 12.2. The van der Waals surface area contributed by atoms with Crippen molar-refractivity contribution in [2.24, 2.45) is 0 Å². The molecule has 1 amide bonds. The smallest absolute Gasteiger partial charge is 0.262 e. The molecule has 0 spiro atoms. The first kappa shape index (κ1) is 15.2. The van der Waals surface area contributed by atoms with E-state index in [9.17, 15) is 4.79 Å². The summed E-state index contributed by atoms with van der Waals surface area (Å²) >= 11 is 3.39. The van der Waals surface area contributed by atoms with Crippen molar-refractivity contribution in [3.05, 3.63) is 58.7 Å². The van der Waals surface area contributed by atoms with E-state index < -0.39 is 0 Å². The van der Waals surface area contributed by atoms with E-state index in [0.29, 0.717) is 11.4 Å². The van der Waals surface area contributed by atoms with Crippen molar-refractivity contribution in [3.63, 3.8) is 0 Å². The topological polar surface area (TPSA) is 79.9 Å². The van der Waals surface area contributed by atoms with Gasteiger partial charge < -0.3 is 10.1 Å². The van der Waals surface area contributed by atoms with Gasteiger partial charge in [-0.2, -0.15) is 5.10 Å². The zero-order chi connectivity index (χ0) is 16.2. The van der Waals surface area contributed by atoms with E-state index in [1.54, 1.807) is 24.4 Å². The number of amides is 1. The van der Waals surface area contributed by atoms with Crippen LogP contribution in [0, 0.1) is 0 Å². The molecule has 0 aliphatic rings. The van der Waals surface area contributed by atoms with Crippen LogP contribution in [0.2, 0.25) is 0 Å². The molecule has 6 nitrogen and oxygen atoms in total. The molecule has 0 saturated carbocycles. The minimum absolute atomic E-state index is 0.272. The minimum Gasteiger partial charge on any atom is -0.480 e. The van der Waals surface area contributed by atoms with Crippen molar-refractivity contribution in [3.8, 4) is 17.1 Å². The molecule has 2 heterocycles. The van der Waals surface area contributed by atoms with Gasteiger partial charge in [-0.15, -0.1) is 0 Å². The summed E-state index contributed by atoms with van der Waals surface area (Å²) in [4.78, 5) is 16.3. The molecule has 0 unspecified atom stereocenters. The van der Waals surface area contributed by atoms with Gasteiger partial charge in [-0.05, 0) is 29.8 Å². The lowest BCUT2D eigenvalue weighted by Gasteiger charge is -2.05. The molecule has 2 aromatic heterocycles. The van der Waals surface area contributed by atoms with E-state index >= 15 is 0 Å². The number of hydrogen-bond donors (Lipinski definition) is 2. The lowest BCUT2D eigenvalue weighted by molar-refractivity contribution is 0.102. The van der Waals surface area contributed by atoms with Crippen LogP contribution in [-0.4, -0.2) is 28.2 Å². The van der Waals surface area contributed by atoms with Gasteiger partial charge >= 0.3 is 0 Å². The van der Waals surface area contributed by atoms with Gasteiger partial charge in [0, 0.05) is 16.7 Å². The van der Waals surface area contributed by atoms with Crippen LogP contribution in [0.3, 0.4) is 0 Å². The summed E-state index contributed by atoms with van der Waals surface area (Å²) in [5.74, 6) is 0.372. The molecule has 3 rings (SSSR count). The number of carbonyl (C=O) groups is 1. The van der Waals surface area contributed by atoms with Crippen molar-refractivity contribution >= 4 is 27.7 Å². The van der Waals surface area contributed by atoms with Crippen LogP contribution in [0.15, 0.2) is 53.1 Å². The summed E-state index contributed by atoms with van der Waals surface area (Å²) in [7, 11) is 1.47. The molecule has 3 aromatic rings. The highest BCUT2D eigenvalue weighted by atomic mass is 79.9. The van der Waals surface area contributed by atoms with E-state index in [0.717, 1.165) is 15.7 Å². The Labute approximate surface area is 141 Å². The van der Waals surface area contributed by atoms with Crippen molar-refractivity contribution in [2.75, 3.05) is 12.4 Å². The van der Waals surface area contributed by atoms with Crippen molar-refractivity contribution < 1.29 is 9.53 Å². The first-order valence-corrected chi connectivity index (χ1v) is 7.58. The van der Waals surface area contributed by atoms with Crippen LogP contribution >= 0.6 is 15.9 Å². The Kier molecular flexibility index (Phi) is 4.38. The highest BCUT2D eigenvalue weighted by Gasteiger charge is 2.14. The molecule has 1 aromatic carbocycles. The molecule has 0 atom stereocenters. The van der Waals surface area contributed by atoms with Crippen LogP contribution in [0.5, 0.6) is 5.88 Å². The second-order valence-corrected chi connectivity index (χ2v) is 5.60. The lowest BCUT2D eigenvalue weighted by Crippen LogP contribution is -2.14. The molecule has 7 heteroatoms. The van der Waals surface area contributed by atoms with E-state index in [-0.39, 0.29) is 11.8 Å². The normalized spacial score (nSPS) is 10.3. The molecule has 23 heavy (non-hydrogen) atoms. The Bertz CT molecular complexity index is 830. The van der Waals surface area contributed by atoms with Crippen LogP contribution in [0.4, 0.5) is 5.82 Å². The second-order valence-electron chi connectivity index (χ2n) is 4.69. The number of methoxy groups -OCH3 is 1. The fraction of sp³-hybridized carbons (Fsp3) is 0.0625. The molecule has 0 aliphatic heterocycles. The van der Waals surface area contributed by atoms with Gasteiger partial charge in [0.25, 0.3) is 5.91 Å². The number of carbonyl (C=O) groups excluding carboxylic acids is 1. The molecule has 0 radical (unpaired) electrons. The van der Waals surface area contributed by atoms with Crippen LogP contribution in [0.1, 0.15) is 10.4 Å². The van der Waals surface area contributed by atoms with Crippen molar-refractivity contribution in [1.82, 2.24) is 15.2 Å². The van der Waals surface area contributed by atoms with Crippen LogP contribution in [0.25, 0.3) is 11.3 Å². The Morgan fingerprint density at radius 3 is 2.78 bits per heavy atom. The van der Waals surface area contributed by atoms with Gasteiger partial charge in [0.2, 0.25) is 5.88 Å². The first-order chi connectivity index (χ1) is 11.2. The molecule has 0 fully saturated rings. The summed E-state index contributed by atoms with van der Waals surface area (Å²) in [5.41, 5.74) is 2.13. The number of hydrogen-bond acceptors (Lipinski definition) is 4. The maximum absolute atomic E-state index is 12.3. The largest absolute Gasteiger partial charge is 0.480 e. The van der Waals surface area contributed by atoms with Crippen LogP contribution < -0.4 is 10.1 Å². The van der Waals surface area contributed by atoms with Gasteiger partial charge in [-0.25, -0.2) is 4.98 Å².